The number of rotatable bonds is 4. The molecule has 0 heterocycles. The van der Waals surface area contributed by atoms with Gasteiger partial charge in [0.15, 0.2) is 0 Å². The van der Waals surface area contributed by atoms with Crippen LogP contribution in [0.2, 0.25) is 0 Å². The Morgan fingerprint density at radius 1 is 1.33 bits per heavy atom. The Balaban J connectivity index is 2.54. The maximum Gasteiger partial charge on any atom is 0.0688 e. The summed E-state index contributed by atoms with van der Waals surface area (Å²) in [6.45, 7) is 6.60. The molecule has 0 aliphatic rings. The van der Waals surface area contributed by atoms with Gasteiger partial charge < -0.3 is 10.4 Å². The molecule has 0 radical (unpaired) electrons. The van der Waals surface area contributed by atoms with Crippen LogP contribution < -0.4 is 5.32 Å². The molecule has 2 nitrogen and oxygen atoms in total. The molecule has 0 saturated carbocycles. The zero-order chi connectivity index (χ0) is 11.5. The summed E-state index contributed by atoms with van der Waals surface area (Å²) in [6.07, 6.45) is -0.360. The van der Waals surface area contributed by atoms with Crippen molar-refractivity contribution >= 4 is 22.6 Å². The highest BCUT2D eigenvalue weighted by atomic mass is 127. The molecule has 0 saturated heterocycles. The first-order valence-corrected chi connectivity index (χ1v) is 6.17. The van der Waals surface area contributed by atoms with Gasteiger partial charge in [-0.15, -0.1) is 0 Å². The van der Waals surface area contributed by atoms with Crippen LogP contribution >= 0.6 is 22.6 Å². The van der Waals surface area contributed by atoms with E-state index in [4.69, 9.17) is 0 Å². The van der Waals surface area contributed by atoms with Crippen molar-refractivity contribution in [2.24, 2.45) is 0 Å². The molecule has 1 aromatic rings. The predicted octanol–water partition coefficient (Wildman–Crippen LogP) is 2.54. The Bertz CT molecular complexity index is 306. The van der Waals surface area contributed by atoms with E-state index in [1.807, 2.05) is 13.8 Å². The number of nitrogens with one attached hydrogen (secondary N) is 1. The van der Waals surface area contributed by atoms with Gasteiger partial charge in [-0.05, 0) is 61.1 Å². The molecule has 84 valence electrons. The highest BCUT2D eigenvalue weighted by Gasteiger charge is 2.22. The van der Waals surface area contributed by atoms with Crippen molar-refractivity contribution < 1.29 is 5.11 Å². The molecule has 0 spiro atoms. The zero-order valence-electron chi connectivity index (χ0n) is 9.42. The van der Waals surface area contributed by atoms with Crippen LogP contribution in [-0.2, 0) is 6.54 Å². The van der Waals surface area contributed by atoms with Gasteiger partial charge in [-0.3, -0.25) is 0 Å². The molecule has 1 rings (SSSR count). The second-order valence-corrected chi connectivity index (χ2v) is 5.62. The average molecular weight is 319 g/mol. The fourth-order valence-corrected chi connectivity index (χ4v) is 1.44. The van der Waals surface area contributed by atoms with Crippen LogP contribution in [0.1, 0.15) is 26.3 Å². The molecule has 2 N–H and O–H groups in total. The SMILES string of the molecule is CC(O)C(C)(C)NCc1ccc(I)cc1. The second-order valence-electron chi connectivity index (χ2n) is 4.38. The summed E-state index contributed by atoms with van der Waals surface area (Å²) >= 11 is 2.29. The Hall–Kier alpha value is -0.130. The van der Waals surface area contributed by atoms with Crippen molar-refractivity contribution in [3.63, 3.8) is 0 Å². The quantitative estimate of drug-likeness (QED) is 0.836. The van der Waals surface area contributed by atoms with Gasteiger partial charge in [-0.1, -0.05) is 12.1 Å². The van der Waals surface area contributed by atoms with Crippen molar-refractivity contribution in [3.8, 4) is 0 Å². The van der Waals surface area contributed by atoms with Crippen molar-refractivity contribution in [1.29, 1.82) is 0 Å². The summed E-state index contributed by atoms with van der Waals surface area (Å²) < 4.78 is 1.24. The molecule has 1 aromatic carbocycles. The zero-order valence-corrected chi connectivity index (χ0v) is 11.6. The summed E-state index contributed by atoms with van der Waals surface area (Å²) in [5.74, 6) is 0. The van der Waals surface area contributed by atoms with Crippen LogP contribution in [0.5, 0.6) is 0 Å². The van der Waals surface area contributed by atoms with E-state index in [1.54, 1.807) is 6.92 Å². The first-order chi connectivity index (χ1) is 6.92. The summed E-state index contributed by atoms with van der Waals surface area (Å²) in [5.41, 5.74) is 0.993. The van der Waals surface area contributed by atoms with Gasteiger partial charge in [0, 0.05) is 15.7 Å². The topological polar surface area (TPSA) is 32.3 Å². The largest absolute Gasteiger partial charge is 0.392 e. The minimum absolute atomic E-state index is 0.247. The monoisotopic (exact) mass is 319 g/mol. The number of aliphatic hydroxyl groups is 1. The lowest BCUT2D eigenvalue weighted by Crippen LogP contribution is -2.47. The van der Waals surface area contributed by atoms with Gasteiger partial charge in [-0.25, -0.2) is 0 Å². The van der Waals surface area contributed by atoms with E-state index in [0.29, 0.717) is 0 Å². The van der Waals surface area contributed by atoms with Crippen molar-refractivity contribution in [2.75, 3.05) is 0 Å². The van der Waals surface area contributed by atoms with Crippen LogP contribution in [0.25, 0.3) is 0 Å². The van der Waals surface area contributed by atoms with E-state index in [9.17, 15) is 5.11 Å². The average Bonchev–Trinajstić information content (AvgIpc) is 2.17. The highest BCUT2D eigenvalue weighted by Crippen LogP contribution is 2.11. The number of hydrogen-bond acceptors (Lipinski definition) is 2. The molecule has 0 aliphatic heterocycles. The van der Waals surface area contributed by atoms with E-state index in [2.05, 4.69) is 52.2 Å². The Morgan fingerprint density at radius 3 is 2.33 bits per heavy atom. The maximum absolute atomic E-state index is 9.54. The summed E-state index contributed by atoms with van der Waals surface area (Å²) in [4.78, 5) is 0. The molecule has 0 bridgehead atoms. The molecule has 3 heteroatoms. The highest BCUT2D eigenvalue weighted by molar-refractivity contribution is 14.1. The summed E-state index contributed by atoms with van der Waals surface area (Å²) in [7, 11) is 0. The smallest absolute Gasteiger partial charge is 0.0688 e. The van der Waals surface area contributed by atoms with E-state index in [1.165, 1.54) is 9.13 Å². The fourth-order valence-electron chi connectivity index (χ4n) is 1.08. The number of halogens is 1. The van der Waals surface area contributed by atoms with Crippen LogP contribution in [-0.4, -0.2) is 16.7 Å². The van der Waals surface area contributed by atoms with Crippen LogP contribution in [0.4, 0.5) is 0 Å². The lowest BCUT2D eigenvalue weighted by molar-refractivity contribution is 0.0956. The van der Waals surface area contributed by atoms with E-state index in [-0.39, 0.29) is 11.6 Å². The van der Waals surface area contributed by atoms with Gasteiger partial charge in [0.2, 0.25) is 0 Å². The number of hydrogen-bond donors (Lipinski definition) is 2. The predicted molar refractivity (Wildman–Crippen MR) is 71.8 cm³/mol. The third-order valence-electron chi connectivity index (χ3n) is 2.71. The molecule has 0 aromatic heterocycles. The minimum Gasteiger partial charge on any atom is -0.392 e. The molecular formula is C12H18INO. The molecule has 0 amide bonds. The lowest BCUT2D eigenvalue weighted by Gasteiger charge is -2.29. The summed E-state index contributed by atoms with van der Waals surface area (Å²) in [6, 6.07) is 8.39. The van der Waals surface area contributed by atoms with Gasteiger partial charge >= 0.3 is 0 Å². The normalized spacial score (nSPS) is 13.9. The van der Waals surface area contributed by atoms with Crippen LogP contribution in [0, 0.1) is 3.57 Å². The van der Waals surface area contributed by atoms with Gasteiger partial charge in [0.05, 0.1) is 6.10 Å². The molecule has 0 aliphatic carbocycles. The standard InChI is InChI=1S/C12H18INO/c1-9(15)12(2,3)14-8-10-4-6-11(13)7-5-10/h4-7,9,14-15H,8H2,1-3H3. The molecule has 1 unspecified atom stereocenters. The third kappa shape index (κ3) is 4.09. The van der Waals surface area contributed by atoms with Gasteiger partial charge in [0.25, 0.3) is 0 Å². The lowest BCUT2D eigenvalue weighted by atomic mass is 9.98. The van der Waals surface area contributed by atoms with Crippen molar-refractivity contribution in [3.05, 3.63) is 33.4 Å². The molecule has 15 heavy (non-hydrogen) atoms. The first-order valence-electron chi connectivity index (χ1n) is 5.09. The second kappa shape index (κ2) is 5.27. The Morgan fingerprint density at radius 2 is 1.87 bits per heavy atom. The number of benzene rings is 1. The first kappa shape index (κ1) is 12.9. The number of aliphatic hydroxyl groups excluding tert-OH is 1. The Kier molecular flexibility index (Phi) is 4.55. The third-order valence-corrected chi connectivity index (χ3v) is 3.42. The van der Waals surface area contributed by atoms with Gasteiger partial charge in [0.1, 0.15) is 0 Å². The van der Waals surface area contributed by atoms with Crippen molar-refractivity contribution in [1.82, 2.24) is 5.32 Å². The maximum atomic E-state index is 9.54. The molecular weight excluding hydrogens is 301 g/mol. The van der Waals surface area contributed by atoms with E-state index >= 15 is 0 Å². The Labute approximate surface area is 105 Å². The van der Waals surface area contributed by atoms with E-state index in [0.717, 1.165) is 6.54 Å². The minimum atomic E-state index is -0.360. The fraction of sp³-hybridized carbons (Fsp3) is 0.500. The van der Waals surface area contributed by atoms with Gasteiger partial charge in [-0.2, -0.15) is 0 Å². The molecule has 1 atom stereocenters. The van der Waals surface area contributed by atoms with Crippen LogP contribution in [0.15, 0.2) is 24.3 Å². The summed E-state index contributed by atoms with van der Waals surface area (Å²) in [5, 5.41) is 12.9. The van der Waals surface area contributed by atoms with Crippen LogP contribution in [0.3, 0.4) is 0 Å². The van der Waals surface area contributed by atoms with E-state index < -0.39 is 0 Å². The van der Waals surface area contributed by atoms with Crippen molar-refractivity contribution in [2.45, 2.75) is 39.0 Å². The molecule has 0 fully saturated rings.